The lowest BCUT2D eigenvalue weighted by atomic mass is 10.1. The van der Waals surface area contributed by atoms with E-state index in [9.17, 15) is 14.4 Å². The van der Waals surface area contributed by atoms with Crippen LogP contribution in [-0.4, -0.2) is 40.9 Å². The van der Waals surface area contributed by atoms with Crippen LogP contribution < -0.4 is 5.32 Å². The van der Waals surface area contributed by atoms with Gasteiger partial charge in [-0.25, -0.2) is 0 Å². The van der Waals surface area contributed by atoms with Crippen LogP contribution in [0.5, 0.6) is 0 Å². The summed E-state index contributed by atoms with van der Waals surface area (Å²) >= 11 is 1.38. The Kier molecular flexibility index (Phi) is 6.91. The number of aliphatic carboxylic acids is 1. The van der Waals surface area contributed by atoms with Crippen molar-refractivity contribution in [3.8, 4) is 0 Å². The first-order chi connectivity index (χ1) is 12.4. The quantitative estimate of drug-likeness (QED) is 0.744. The average Bonchev–Trinajstić information content (AvgIpc) is 3.13. The summed E-state index contributed by atoms with van der Waals surface area (Å²) in [5, 5.41) is 13.7. The second-order valence-electron chi connectivity index (χ2n) is 6.33. The number of carboxylic acid groups (broad SMARTS) is 1. The van der Waals surface area contributed by atoms with Crippen molar-refractivity contribution >= 4 is 29.1 Å². The van der Waals surface area contributed by atoms with Gasteiger partial charge in [0, 0.05) is 18.7 Å². The Bertz CT molecular complexity index is 754. The van der Waals surface area contributed by atoms with Crippen molar-refractivity contribution in [2.75, 3.05) is 13.1 Å². The summed E-state index contributed by atoms with van der Waals surface area (Å²) in [5.41, 5.74) is 1.29. The predicted molar refractivity (Wildman–Crippen MR) is 100 cm³/mol. The van der Waals surface area contributed by atoms with Crippen LogP contribution in [0.1, 0.15) is 39.4 Å². The molecule has 0 fully saturated rings. The molecule has 1 heterocycles. The highest BCUT2D eigenvalue weighted by atomic mass is 32.1. The average molecular weight is 374 g/mol. The third-order valence-electron chi connectivity index (χ3n) is 3.60. The lowest BCUT2D eigenvalue weighted by molar-refractivity contribution is -0.137. The molecule has 2 amide bonds. The van der Waals surface area contributed by atoms with Crippen molar-refractivity contribution in [2.45, 2.75) is 20.4 Å². The molecule has 0 saturated carbocycles. The van der Waals surface area contributed by atoms with Crippen molar-refractivity contribution in [3.05, 3.63) is 57.8 Å². The van der Waals surface area contributed by atoms with Gasteiger partial charge in [-0.3, -0.25) is 14.4 Å². The predicted octanol–water partition coefficient (Wildman–Crippen LogP) is 2.86. The number of carbonyl (C=O) groups is 3. The molecule has 0 aliphatic heterocycles. The molecule has 2 aromatic rings. The molecule has 0 saturated heterocycles. The molecule has 1 aromatic carbocycles. The van der Waals surface area contributed by atoms with Gasteiger partial charge in [-0.05, 0) is 35.1 Å². The number of carboxylic acids is 1. The Hall–Kier alpha value is -2.67. The topological polar surface area (TPSA) is 86.7 Å². The van der Waals surface area contributed by atoms with Gasteiger partial charge in [-0.15, -0.1) is 11.3 Å². The molecule has 0 aliphatic carbocycles. The summed E-state index contributed by atoms with van der Waals surface area (Å²) in [7, 11) is 0. The van der Waals surface area contributed by atoms with Gasteiger partial charge in [0.1, 0.15) is 6.54 Å². The molecule has 1 aromatic heterocycles. The van der Waals surface area contributed by atoms with Crippen LogP contribution in [0, 0.1) is 5.92 Å². The maximum Gasteiger partial charge on any atom is 0.323 e. The Morgan fingerprint density at radius 2 is 1.85 bits per heavy atom. The van der Waals surface area contributed by atoms with Crippen molar-refractivity contribution in [3.63, 3.8) is 0 Å². The van der Waals surface area contributed by atoms with E-state index in [0.717, 1.165) is 5.56 Å². The van der Waals surface area contributed by atoms with Crippen molar-refractivity contribution in [2.24, 2.45) is 5.92 Å². The summed E-state index contributed by atoms with van der Waals surface area (Å²) in [6.07, 6.45) is 0. The molecule has 0 radical (unpaired) electrons. The lowest BCUT2D eigenvalue weighted by Gasteiger charge is -2.22. The fourth-order valence-electron chi connectivity index (χ4n) is 2.45. The first kappa shape index (κ1) is 19.7. The monoisotopic (exact) mass is 374 g/mol. The molecular formula is C19H22N2O4S. The van der Waals surface area contributed by atoms with Crippen LogP contribution in [0.15, 0.2) is 41.8 Å². The molecule has 7 heteroatoms. The number of carbonyl (C=O) groups excluding carboxylic acids is 2. The van der Waals surface area contributed by atoms with E-state index in [-0.39, 0.29) is 24.3 Å². The van der Waals surface area contributed by atoms with Gasteiger partial charge in [0.2, 0.25) is 0 Å². The molecule has 6 nitrogen and oxygen atoms in total. The number of nitrogens with one attached hydrogen (secondary N) is 1. The molecule has 0 atom stereocenters. The van der Waals surface area contributed by atoms with E-state index in [2.05, 4.69) is 5.32 Å². The van der Waals surface area contributed by atoms with Gasteiger partial charge in [0.05, 0.1) is 4.88 Å². The standard InChI is InChI=1S/C19H22N2O4S/c1-13(2)11-21(12-17(22)23)19(25)15-7-5-14(6-8-15)10-20-18(24)16-4-3-9-26-16/h3-9,13H,10-12H2,1-2H3,(H,20,24)(H,22,23). The molecule has 138 valence electrons. The maximum atomic E-state index is 12.5. The van der Waals surface area contributed by atoms with Crippen LogP contribution in [-0.2, 0) is 11.3 Å². The maximum absolute atomic E-state index is 12.5. The van der Waals surface area contributed by atoms with Crippen LogP contribution in [0.3, 0.4) is 0 Å². The first-order valence-electron chi connectivity index (χ1n) is 8.28. The first-order valence-corrected chi connectivity index (χ1v) is 9.16. The van der Waals surface area contributed by atoms with E-state index >= 15 is 0 Å². The zero-order chi connectivity index (χ0) is 19.1. The van der Waals surface area contributed by atoms with E-state index in [0.29, 0.717) is 23.5 Å². The fraction of sp³-hybridized carbons (Fsp3) is 0.316. The van der Waals surface area contributed by atoms with Gasteiger partial charge in [-0.2, -0.15) is 0 Å². The molecule has 0 spiro atoms. The zero-order valence-corrected chi connectivity index (χ0v) is 15.6. The molecule has 2 rings (SSSR count). The van der Waals surface area contributed by atoms with Crippen LogP contribution in [0.4, 0.5) is 0 Å². The Labute approximate surface area is 156 Å². The lowest BCUT2D eigenvalue weighted by Crippen LogP contribution is -2.38. The number of rotatable bonds is 8. The van der Waals surface area contributed by atoms with E-state index in [1.54, 1.807) is 30.3 Å². The van der Waals surface area contributed by atoms with Gasteiger partial charge >= 0.3 is 5.97 Å². The zero-order valence-electron chi connectivity index (χ0n) is 14.8. The van der Waals surface area contributed by atoms with E-state index in [4.69, 9.17) is 5.11 Å². The second kappa shape index (κ2) is 9.15. The number of thiophene rings is 1. The summed E-state index contributed by atoms with van der Waals surface area (Å²) in [5.74, 6) is -1.31. The minimum atomic E-state index is -1.04. The summed E-state index contributed by atoms with van der Waals surface area (Å²) in [6.45, 7) is 4.28. The largest absolute Gasteiger partial charge is 0.480 e. The van der Waals surface area contributed by atoms with Crippen LogP contribution >= 0.6 is 11.3 Å². The minimum Gasteiger partial charge on any atom is -0.480 e. The third kappa shape index (κ3) is 5.70. The van der Waals surface area contributed by atoms with Crippen LogP contribution in [0.2, 0.25) is 0 Å². The molecule has 0 bridgehead atoms. The number of hydrogen-bond acceptors (Lipinski definition) is 4. The molecular weight excluding hydrogens is 352 g/mol. The Morgan fingerprint density at radius 1 is 1.15 bits per heavy atom. The van der Waals surface area contributed by atoms with Crippen LogP contribution in [0.25, 0.3) is 0 Å². The van der Waals surface area contributed by atoms with E-state index in [1.807, 2.05) is 25.3 Å². The number of hydrogen-bond donors (Lipinski definition) is 2. The van der Waals surface area contributed by atoms with Crippen molar-refractivity contribution in [1.82, 2.24) is 10.2 Å². The van der Waals surface area contributed by atoms with Crippen molar-refractivity contribution < 1.29 is 19.5 Å². The summed E-state index contributed by atoms with van der Waals surface area (Å²) < 4.78 is 0. The normalized spacial score (nSPS) is 10.6. The van der Waals surface area contributed by atoms with Crippen molar-refractivity contribution in [1.29, 1.82) is 0 Å². The SMILES string of the molecule is CC(C)CN(CC(=O)O)C(=O)c1ccc(CNC(=O)c2cccs2)cc1. The second-order valence-corrected chi connectivity index (χ2v) is 7.28. The van der Waals surface area contributed by atoms with Gasteiger partial charge in [0.15, 0.2) is 0 Å². The molecule has 2 N–H and O–H groups in total. The van der Waals surface area contributed by atoms with Gasteiger partial charge in [-0.1, -0.05) is 32.0 Å². The third-order valence-corrected chi connectivity index (χ3v) is 4.47. The summed E-state index contributed by atoms with van der Waals surface area (Å²) in [6, 6.07) is 10.4. The minimum absolute atomic E-state index is 0.135. The number of amides is 2. The highest BCUT2D eigenvalue weighted by molar-refractivity contribution is 7.12. The van der Waals surface area contributed by atoms with Gasteiger partial charge in [0.25, 0.3) is 11.8 Å². The van der Waals surface area contributed by atoms with E-state index < -0.39 is 5.97 Å². The summed E-state index contributed by atoms with van der Waals surface area (Å²) in [4.78, 5) is 37.5. The highest BCUT2D eigenvalue weighted by Crippen LogP contribution is 2.11. The Morgan fingerprint density at radius 3 is 2.38 bits per heavy atom. The fourth-order valence-corrected chi connectivity index (χ4v) is 3.09. The number of benzene rings is 1. The number of nitrogens with zero attached hydrogens (tertiary/aromatic N) is 1. The highest BCUT2D eigenvalue weighted by Gasteiger charge is 2.19. The Balaban J connectivity index is 1.99. The van der Waals surface area contributed by atoms with Gasteiger partial charge < -0.3 is 15.3 Å². The smallest absolute Gasteiger partial charge is 0.323 e. The van der Waals surface area contributed by atoms with E-state index in [1.165, 1.54) is 16.2 Å². The molecule has 0 aliphatic rings. The molecule has 0 unspecified atom stereocenters. The molecule has 26 heavy (non-hydrogen) atoms.